The Morgan fingerprint density at radius 3 is 2.56 bits per heavy atom. The first-order valence-electron chi connectivity index (χ1n) is 4.79. The van der Waals surface area contributed by atoms with Crippen LogP contribution in [0.25, 0.3) is 0 Å². The van der Waals surface area contributed by atoms with E-state index in [-0.39, 0.29) is 5.56 Å². The number of aromatic hydroxyl groups is 1. The summed E-state index contributed by atoms with van der Waals surface area (Å²) < 4.78 is 4.22. The zero-order chi connectivity index (χ0) is 13.9. The van der Waals surface area contributed by atoms with Crippen molar-refractivity contribution in [3.63, 3.8) is 0 Å². The zero-order valence-corrected chi connectivity index (χ0v) is 9.31. The molecule has 0 heterocycles. The van der Waals surface area contributed by atoms with Gasteiger partial charge in [0.05, 0.1) is 12.0 Å². The number of hydrogen-bond acceptors (Lipinski definition) is 7. The van der Waals surface area contributed by atoms with Gasteiger partial charge in [0, 0.05) is 6.07 Å². The van der Waals surface area contributed by atoms with Crippen LogP contribution in [0.5, 0.6) is 5.75 Å². The molecule has 1 aromatic carbocycles. The highest BCUT2D eigenvalue weighted by atomic mass is 16.6. The van der Waals surface area contributed by atoms with Crippen LogP contribution in [0, 0.1) is 10.1 Å². The lowest BCUT2D eigenvalue weighted by Crippen LogP contribution is -2.29. The molecule has 3 N–H and O–H groups in total. The van der Waals surface area contributed by atoms with Gasteiger partial charge in [-0.15, -0.1) is 0 Å². The number of methoxy groups -OCH3 is 1. The Kier molecular flexibility index (Phi) is 4.18. The van der Waals surface area contributed by atoms with Crippen LogP contribution in [-0.2, 0) is 9.53 Å². The number of phenols is 1. The van der Waals surface area contributed by atoms with Gasteiger partial charge in [-0.25, -0.2) is 4.79 Å². The fraction of sp³-hybridized carbons (Fsp3) is 0.300. The minimum absolute atomic E-state index is 0.0857. The number of rotatable bonds is 4. The van der Waals surface area contributed by atoms with Crippen molar-refractivity contribution in [3.05, 3.63) is 33.9 Å². The van der Waals surface area contributed by atoms with E-state index in [1.807, 2.05) is 0 Å². The molecule has 0 aliphatic heterocycles. The maximum Gasteiger partial charge on any atom is 0.337 e. The molecule has 0 aromatic heterocycles. The lowest BCUT2D eigenvalue weighted by atomic mass is 10.0. The fourth-order valence-electron chi connectivity index (χ4n) is 1.30. The SMILES string of the molecule is COC(=O)C(O)C(O)c1ccc(O)c([N+](=O)[O-])c1. The largest absolute Gasteiger partial charge is 0.502 e. The Hall–Kier alpha value is -2.19. The Bertz CT molecular complexity index is 473. The highest BCUT2D eigenvalue weighted by molar-refractivity contribution is 5.75. The van der Waals surface area contributed by atoms with Gasteiger partial charge in [0.1, 0.15) is 6.10 Å². The summed E-state index contributed by atoms with van der Waals surface area (Å²) in [6.07, 6.45) is -3.55. The Morgan fingerprint density at radius 1 is 1.44 bits per heavy atom. The molecule has 0 bridgehead atoms. The van der Waals surface area contributed by atoms with Gasteiger partial charge in [0.15, 0.2) is 11.9 Å². The van der Waals surface area contributed by atoms with E-state index in [1.54, 1.807) is 0 Å². The first-order valence-corrected chi connectivity index (χ1v) is 4.79. The summed E-state index contributed by atoms with van der Waals surface area (Å²) in [6.45, 7) is 0. The number of nitro groups is 1. The molecule has 1 rings (SSSR count). The van der Waals surface area contributed by atoms with Crippen LogP contribution >= 0.6 is 0 Å². The summed E-state index contributed by atoms with van der Waals surface area (Å²) in [4.78, 5) is 20.7. The standard InChI is InChI=1S/C10H11NO7/c1-18-10(15)9(14)8(13)5-2-3-7(12)6(4-5)11(16)17/h2-4,8-9,12-14H,1H3. The van der Waals surface area contributed by atoms with Crippen molar-refractivity contribution in [2.75, 3.05) is 7.11 Å². The maximum atomic E-state index is 11.0. The number of benzene rings is 1. The molecule has 2 atom stereocenters. The molecule has 18 heavy (non-hydrogen) atoms. The predicted molar refractivity (Wildman–Crippen MR) is 57.7 cm³/mol. The molecule has 0 amide bonds. The first kappa shape index (κ1) is 13.9. The molecule has 2 unspecified atom stereocenters. The third kappa shape index (κ3) is 2.73. The van der Waals surface area contributed by atoms with Crippen molar-refractivity contribution < 1.29 is 29.8 Å². The molecule has 0 spiro atoms. The van der Waals surface area contributed by atoms with Crippen molar-refractivity contribution in [2.45, 2.75) is 12.2 Å². The first-order chi connectivity index (χ1) is 8.38. The number of ether oxygens (including phenoxy) is 1. The summed E-state index contributed by atoms with van der Waals surface area (Å²) in [5.74, 6) is -1.65. The quantitative estimate of drug-likeness (QED) is 0.389. The van der Waals surface area contributed by atoms with Gasteiger partial charge in [0.25, 0.3) is 0 Å². The molecule has 0 radical (unpaired) electrons. The normalized spacial score (nSPS) is 13.7. The second kappa shape index (κ2) is 5.43. The molecule has 98 valence electrons. The molecule has 0 aliphatic carbocycles. The van der Waals surface area contributed by atoms with Crippen LogP contribution in [0.3, 0.4) is 0 Å². The number of nitro benzene ring substituents is 1. The minimum atomic E-state index is -1.86. The topological polar surface area (TPSA) is 130 Å². The van der Waals surface area contributed by atoms with Gasteiger partial charge < -0.3 is 20.1 Å². The predicted octanol–water partition coefficient (Wildman–Crippen LogP) is -0.132. The summed E-state index contributed by atoms with van der Waals surface area (Å²) in [6, 6.07) is 3.01. The van der Waals surface area contributed by atoms with Crippen LogP contribution in [0.4, 0.5) is 5.69 Å². The van der Waals surface area contributed by atoms with E-state index in [2.05, 4.69) is 4.74 Å². The zero-order valence-electron chi connectivity index (χ0n) is 9.31. The summed E-state index contributed by atoms with van der Waals surface area (Å²) >= 11 is 0. The molecule has 1 aromatic rings. The van der Waals surface area contributed by atoms with Crippen LogP contribution in [0.1, 0.15) is 11.7 Å². The molecule has 0 saturated heterocycles. The molecule has 0 aliphatic rings. The van der Waals surface area contributed by atoms with E-state index >= 15 is 0 Å². The summed E-state index contributed by atoms with van der Waals surface area (Å²) in [7, 11) is 1.03. The van der Waals surface area contributed by atoms with Gasteiger partial charge in [-0.2, -0.15) is 0 Å². The van der Waals surface area contributed by atoms with E-state index in [1.165, 1.54) is 0 Å². The Morgan fingerprint density at radius 2 is 2.06 bits per heavy atom. The molecule has 8 heteroatoms. The number of carbonyl (C=O) groups is 1. The monoisotopic (exact) mass is 257 g/mol. The molecule has 0 saturated carbocycles. The number of aliphatic hydroxyl groups excluding tert-OH is 2. The summed E-state index contributed by atoms with van der Waals surface area (Å²) in [5.41, 5.74) is -0.721. The van der Waals surface area contributed by atoms with E-state index < -0.39 is 34.5 Å². The number of esters is 1. The lowest BCUT2D eigenvalue weighted by molar-refractivity contribution is -0.386. The molecule has 0 fully saturated rings. The van der Waals surface area contributed by atoms with Crippen molar-refractivity contribution in [2.24, 2.45) is 0 Å². The maximum absolute atomic E-state index is 11.0. The average Bonchev–Trinajstić information content (AvgIpc) is 2.36. The third-order valence-corrected chi connectivity index (χ3v) is 2.28. The number of phenolic OH excluding ortho intramolecular Hbond substituents is 1. The number of hydrogen-bond donors (Lipinski definition) is 3. The van der Waals surface area contributed by atoms with E-state index in [4.69, 9.17) is 0 Å². The third-order valence-electron chi connectivity index (χ3n) is 2.28. The van der Waals surface area contributed by atoms with Gasteiger partial charge in [-0.1, -0.05) is 6.07 Å². The van der Waals surface area contributed by atoms with Crippen molar-refractivity contribution in [3.8, 4) is 5.75 Å². The molecule has 8 nitrogen and oxygen atoms in total. The van der Waals surface area contributed by atoms with Crippen LogP contribution in [0.15, 0.2) is 18.2 Å². The Balaban J connectivity index is 3.07. The smallest absolute Gasteiger partial charge is 0.337 e. The number of aliphatic hydroxyl groups is 2. The Labute approximate surface area is 101 Å². The van der Waals surface area contributed by atoms with Crippen LogP contribution in [-0.4, -0.2) is 39.4 Å². The van der Waals surface area contributed by atoms with Gasteiger partial charge in [0.2, 0.25) is 0 Å². The lowest BCUT2D eigenvalue weighted by Gasteiger charge is -2.15. The summed E-state index contributed by atoms with van der Waals surface area (Å²) in [5, 5.41) is 38.8. The second-order valence-electron chi connectivity index (χ2n) is 3.42. The van der Waals surface area contributed by atoms with Gasteiger partial charge in [-0.05, 0) is 11.6 Å². The van der Waals surface area contributed by atoms with Crippen molar-refractivity contribution in [1.29, 1.82) is 0 Å². The number of carbonyl (C=O) groups excluding carboxylic acids is 1. The molecular formula is C10H11NO7. The van der Waals surface area contributed by atoms with Gasteiger partial charge in [-0.3, -0.25) is 10.1 Å². The van der Waals surface area contributed by atoms with Crippen molar-refractivity contribution >= 4 is 11.7 Å². The van der Waals surface area contributed by atoms with Crippen molar-refractivity contribution in [1.82, 2.24) is 0 Å². The second-order valence-corrected chi connectivity index (χ2v) is 3.42. The highest BCUT2D eigenvalue weighted by Crippen LogP contribution is 2.30. The van der Waals surface area contributed by atoms with E-state index in [0.29, 0.717) is 0 Å². The van der Waals surface area contributed by atoms with E-state index in [9.17, 15) is 30.2 Å². The minimum Gasteiger partial charge on any atom is -0.502 e. The number of nitrogens with zero attached hydrogens (tertiary/aromatic N) is 1. The van der Waals surface area contributed by atoms with E-state index in [0.717, 1.165) is 25.3 Å². The average molecular weight is 257 g/mol. The van der Waals surface area contributed by atoms with Crippen LogP contribution < -0.4 is 0 Å². The molecular weight excluding hydrogens is 246 g/mol. The fourth-order valence-corrected chi connectivity index (χ4v) is 1.30. The van der Waals surface area contributed by atoms with Gasteiger partial charge >= 0.3 is 11.7 Å². The van der Waals surface area contributed by atoms with Crippen LogP contribution in [0.2, 0.25) is 0 Å². The highest BCUT2D eigenvalue weighted by Gasteiger charge is 2.28.